The van der Waals surface area contributed by atoms with Crippen LogP contribution in [0.2, 0.25) is 0 Å². The minimum Gasteiger partial charge on any atom is -0.391 e. The van der Waals surface area contributed by atoms with Crippen molar-refractivity contribution in [3.63, 3.8) is 0 Å². The van der Waals surface area contributed by atoms with Gasteiger partial charge in [0.2, 0.25) is 0 Å². The summed E-state index contributed by atoms with van der Waals surface area (Å²) in [5.74, 6) is 1.28. The van der Waals surface area contributed by atoms with E-state index in [-0.39, 0.29) is 17.9 Å². The zero-order valence-corrected chi connectivity index (χ0v) is 14.5. The number of aliphatic hydroxyl groups is 1. The van der Waals surface area contributed by atoms with Crippen LogP contribution in [0.5, 0.6) is 0 Å². The predicted octanol–water partition coefficient (Wildman–Crippen LogP) is 1.99. The molecule has 2 aromatic rings. The number of aromatic nitrogens is 3. The minimum absolute atomic E-state index is 0.0409. The highest BCUT2D eigenvalue weighted by Crippen LogP contribution is 2.41. The van der Waals surface area contributed by atoms with E-state index in [1.165, 1.54) is 23.2 Å². The molecule has 0 radical (unpaired) electrons. The first kappa shape index (κ1) is 15.9. The van der Waals surface area contributed by atoms with Crippen molar-refractivity contribution in [2.45, 2.75) is 38.5 Å². The maximum Gasteiger partial charge on any atom is 0.169 e. The molecule has 2 aliphatic rings. The van der Waals surface area contributed by atoms with Gasteiger partial charge in [-0.1, -0.05) is 0 Å². The van der Waals surface area contributed by atoms with Gasteiger partial charge in [0.1, 0.15) is 12.7 Å². The molecule has 1 aliphatic carbocycles. The molecular weight excluding hydrogens is 324 g/mol. The van der Waals surface area contributed by atoms with Gasteiger partial charge in [0.25, 0.3) is 0 Å². The van der Waals surface area contributed by atoms with Crippen molar-refractivity contribution >= 4 is 17.1 Å². The zero-order chi connectivity index (χ0) is 16.7. The molecular formula is C17H22N4O2S. The second kappa shape index (κ2) is 6.38. The highest BCUT2D eigenvalue weighted by molar-refractivity contribution is 7.12. The fourth-order valence-corrected chi connectivity index (χ4v) is 5.01. The molecule has 6 nitrogen and oxygen atoms in total. The highest BCUT2D eigenvalue weighted by atomic mass is 32.1. The number of ketones is 1. The van der Waals surface area contributed by atoms with Gasteiger partial charge >= 0.3 is 0 Å². The lowest BCUT2D eigenvalue weighted by Crippen LogP contribution is -2.36. The van der Waals surface area contributed by atoms with Crippen molar-refractivity contribution in [1.29, 1.82) is 0 Å². The molecule has 4 atom stereocenters. The third-order valence-corrected chi connectivity index (χ3v) is 6.45. The van der Waals surface area contributed by atoms with Gasteiger partial charge < -0.3 is 5.11 Å². The molecule has 0 amide bonds. The molecule has 0 aromatic carbocycles. The third kappa shape index (κ3) is 3.03. The average Bonchev–Trinajstić information content (AvgIpc) is 3.25. The van der Waals surface area contributed by atoms with Crippen molar-refractivity contribution in [3.05, 3.63) is 34.5 Å². The molecule has 0 bridgehead atoms. The normalized spacial score (nSPS) is 30.4. The van der Waals surface area contributed by atoms with E-state index >= 15 is 0 Å². The number of rotatable bonds is 4. The number of carbonyl (C=O) groups is 1. The number of likely N-dealkylation sites (tertiary alicyclic amines) is 1. The molecule has 7 heteroatoms. The topological polar surface area (TPSA) is 71.2 Å². The zero-order valence-electron chi connectivity index (χ0n) is 13.7. The van der Waals surface area contributed by atoms with Crippen LogP contribution in [0.3, 0.4) is 0 Å². The summed E-state index contributed by atoms with van der Waals surface area (Å²) in [6, 6.07) is 2.06. The lowest BCUT2D eigenvalue weighted by molar-refractivity contribution is 0.0304. The number of nitrogens with zero attached hydrogens (tertiary/aromatic N) is 4. The number of fused-ring (bicyclic) bond motifs is 1. The highest BCUT2D eigenvalue weighted by Gasteiger charge is 2.42. The van der Waals surface area contributed by atoms with Gasteiger partial charge in [0.15, 0.2) is 5.78 Å². The molecule has 2 fully saturated rings. The lowest BCUT2D eigenvalue weighted by atomic mass is 9.77. The van der Waals surface area contributed by atoms with Gasteiger partial charge in [-0.3, -0.25) is 9.69 Å². The molecule has 1 saturated carbocycles. The Morgan fingerprint density at radius 1 is 1.38 bits per heavy atom. The number of hydrogen-bond donors (Lipinski definition) is 1. The Kier molecular flexibility index (Phi) is 4.24. The Balaban J connectivity index is 1.41. The summed E-state index contributed by atoms with van der Waals surface area (Å²) in [7, 11) is 0. The molecule has 0 unspecified atom stereocenters. The van der Waals surface area contributed by atoms with Crippen LogP contribution in [0.1, 0.15) is 41.0 Å². The Labute approximate surface area is 145 Å². The van der Waals surface area contributed by atoms with Crippen LogP contribution in [-0.2, 0) is 6.54 Å². The first-order chi connectivity index (χ1) is 11.6. The van der Waals surface area contributed by atoms with E-state index in [4.69, 9.17) is 0 Å². The number of aliphatic hydroxyl groups excluding tert-OH is 1. The molecule has 1 saturated heterocycles. The van der Waals surface area contributed by atoms with E-state index in [0.717, 1.165) is 37.4 Å². The number of carbonyl (C=O) groups excluding carboxylic acids is 1. The van der Waals surface area contributed by atoms with Crippen molar-refractivity contribution in [3.8, 4) is 0 Å². The molecule has 24 heavy (non-hydrogen) atoms. The smallest absolute Gasteiger partial charge is 0.169 e. The van der Waals surface area contributed by atoms with E-state index < -0.39 is 0 Å². The van der Waals surface area contributed by atoms with E-state index in [9.17, 15) is 9.90 Å². The van der Waals surface area contributed by atoms with Crippen LogP contribution in [0.25, 0.3) is 0 Å². The van der Waals surface area contributed by atoms with Crippen LogP contribution < -0.4 is 0 Å². The number of hydrogen-bond acceptors (Lipinski definition) is 6. The van der Waals surface area contributed by atoms with Gasteiger partial charge in [-0.05, 0) is 48.6 Å². The fourth-order valence-electron chi connectivity index (χ4n) is 4.21. The van der Waals surface area contributed by atoms with Crippen LogP contribution in [-0.4, -0.2) is 49.7 Å². The summed E-state index contributed by atoms with van der Waals surface area (Å²) < 4.78 is 1.81. The maximum absolute atomic E-state index is 11.4. The molecule has 4 rings (SSSR count). The summed E-state index contributed by atoms with van der Waals surface area (Å²) in [5.41, 5.74) is 1.22. The lowest BCUT2D eigenvalue weighted by Gasteiger charge is -2.35. The summed E-state index contributed by atoms with van der Waals surface area (Å²) in [5, 5.41) is 16.8. The van der Waals surface area contributed by atoms with Crippen LogP contribution in [0.15, 0.2) is 24.1 Å². The van der Waals surface area contributed by atoms with Crippen molar-refractivity contribution in [2.24, 2.45) is 11.8 Å². The Bertz CT molecular complexity index is 714. The molecule has 2 aromatic heterocycles. The average molecular weight is 346 g/mol. The summed E-state index contributed by atoms with van der Waals surface area (Å²) in [6.45, 7) is 4.58. The van der Waals surface area contributed by atoms with Gasteiger partial charge in [-0.25, -0.2) is 9.67 Å². The van der Waals surface area contributed by atoms with Gasteiger partial charge in [0, 0.05) is 19.6 Å². The summed E-state index contributed by atoms with van der Waals surface area (Å²) >= 11 is 1.53. The van der Waals surface area contributed by atoms with Crippen molar-refractivity contribution in [2.75, 3.05) is 13.1 Å². The van der Waals surface area contributed by atoms with E-state index in [0.29, 0.717) is 11.8 Å². The van der Waals surface area contributed by atoms with Crippen LogP contribution in [0, 0.1) is 11.8 Å². The first-order valence-corrected chi connectivity index (χ1v) is 9.31. The van der Waals surface area contributed by atoms with Gasteiger partial charge in [-0.15, -0.1) is 11.3 Å². The quantitative estimate of drug-likeness (QED) is 0.857. The maximum atomic E-state index is 11.4. The monoisotopic (exact) mass is 346 g/mol. The standard InChI is InChI=1S/C17H22N4O2S/c1-11(22)17-2-12(8-24-17)5-20-6-13-3-15(21-10-18-9-19-21)16(23)4-14(13)7-20/h2,8-10,13-16,23H,3-7H2,1H3/t13-,14+,15-,16-/m1/s1. The molecule has 1 aliphatic heterocycles. The SMILES string of the molecule is CC(=O)c1cc(CN2C[C@H]3C[C@@H](n4cncn4)[C@H](O)C[C@H]3C2)cs1. The van der Waals surface area contributed by atoms with Gasteiger partial charge in [0.05, 0.1) is 17.0 Å². The summed E-state index contributed by atoms with van der Waals surface area (Å²) in [4.78, 5) is 18.7. The van der Waals surface area contributed by atoms with E-state index in [1.54, 1.807) is 13.3 Å². The first-order valence-electron chi connectivity index (χ1n) is 8.43. The Hall–Kier alpha value is -1.57. The Morgan fingerprint density at radius 2 is 2.17 bits per heavy atom. The predicted molar refractivity (Wildman–Crippen MR) is 90.9 cm³/mol. The Morgan fingerprint density at radius 3 is 2.83 bits per heavy atom. The van der Waals surface area contributed by atoms with Crippen molar-refractivity contribution in [1.82, 2.24) is 19.7 Å². The largest absolute Gasteiger partial charge is 0.391 e. The third-order valence-electron chi connectivity index (χ3n) is 5.37. The van der Waals surface area contributed by atoms with E-state index in [2.05, 4.69) is 20.4 Å². The second-order valence-corrected chi connectivity index (χ2v) is 7.98. The molecule has 128 valence electrons. The molecule has 0 spiro atoms. The second-order valence-electron chi connectivity index (χ2n) is 7.07. The number of Topliss-reactive ketones (excluding diaryl/α,β-unsaturated/α-hetero) is 1. The minimum atomic E-state index is -0.349. The van der Waals surface area contributed by atoms with Crippen LogP contribution >= 0.6 is 11.3 Å². The van der Waals surface area contributed by atoms with Gasteiger partial charge in [-0.2, -0.15) is 5.10 Å². The number of thiophene rings is 1. The molecule has 3 heterocycles. The fraction of sp³-hybridized carbons (Fsp3) is 0.588. The van der Waals surface area contributed by atoms with Crippen LogP contribution in [0.4, 0.5) is 0 Å². The van der Waals surface area contributed by atoms with Crippen molar-refractivity contribution < 1.29 is 9.90 Å². The summed E-state index contributed by atoms with van der Waals surface area (Å²) in [6.07, 6.45) is 4.67. The molecule has 1 N–H and O–H groups in total. The van der Waals surface area contributed by atoms with E-state index in [1.807, 2.05) is 10.7 Å².